The van der Waals surface area contributed by atoms with Crippen LogP contribution in [-0.4, -0.2) is 19.0 Å². The summed E-state index contributed by atoms with van der Waals surface area (Å²) in [5.74, 6) is 0.917. The molecular formula is C7H15NO. The van der Waals surface area contributed by atoms with Crippen molar-refractivity contribution in [3.63, 3.8) is 0 Å². The summed E-state index contributed by atoms with van der Waals surface area (Å²) in [6.07, 6.45) is 0.944. The van der Waals surface area contributed by atoms with Gasteiger partial charge >= 0.3 is 0 Å². The standard InChI is InChI=1S/C5H9NO.C2H6/c1-2-5-6-3-4-7-5;1-2/h2-4H2,1H3;1-2H3. The monoisotopic (exact) mass is 129 g/mol. The largest absolute Gasteiger partial charge is 0.479 e. The Morgan fingerprint density at radius 1 is 1.56 bits per heavy atom. The predicted molar refractivity (Wildman–Crippen MR) is 39.9 cm³/mol. The molecule has 0 atom stereocenters. The van der Waals surface area contributed by atoms with Crippen molar-refractivity contribution in [1.82, 2.24) is 0 Å². The van der Waals surface area contributed by atoms with Crippen molar-refractivity contribution in [3.8, 4) is 0 Å². The van der Waals surface area contributed by atoms with E-state index in [-0.39, 0.29) is 0 Å². The first-order chi connectivity index (χ1) is 4.43. The summed E-state index contributed by atoms with van der Waals surface area (Å²) in [4.78, 5) is 4.05. The molecule has 0 unspecified atom stereocenters. The van der Waals surface area contributed by atoms with Crippen LogP contribution in [0.1, 0.15) is 27.2 Å². The average Bonchev–Trinajstić information content (AvgIpc) is 2.43. The molecule has 2 heteroatoms. The molecule has 0 saturated heterocycles. The molecule has 0 N–H and O–H groups in total. The van der Waals surface area contributed by atoms with Gasteiger partial charge in [0.25, 0.3) is 0 Å². The second-order valence-electron chi connectivity index (χ2n) is 1.48. The van der Waals surface area contributed by atoms with Crippen LogP contribution in [0.2, 0.25) is 0 Å². The highest BCUT2D eigenvalue weighted by atomic mass is 16.5. The quantitative estimate of drug-likeness (QED) is 0.529. The molecule has 0 saturated carbocycles. The molecule has 0 spiro atoms. The Labute approximate surface area is 56.9 Å². The molecule has 9 heavy (non-hydrogen) atoms. The van der Waals surface area contributed by atoms with E-state index in [4.69, 9.17) is 4.74 Å². The molecule has 0 fully saturated rings. The molecule has 0 aromatic rings. The van der Waals surface area contributed by atoms with Crippen LogP contribution in [0, 0.1) is 0 Å². The first-order valence-corrected chi connectivity index (χ1v) is 3.59. The summed E-state index contributed by atoms with van der Waals surface area (Å²) in [6.45, 7) is 7.70. The van der Waals surface area contributed by atoms with Crippen molar-refractivity contribution >= 4 is 5.90 Å². The van der Waals surface area contributed by atoms with Gasteiger partial charge in [-0.05, 0) is 0 Å². The van der Waals surface area contributed by atoms with E-state index in [1.54, 1.807) is 0 Å². The fourth-order valence-corrected chi connectivity index (χ4v) is 0.593. The maximum absolute atomic E-state index is 5.05. The minimum absolute atomic E-state index is 0.795. The van der Waals surface area contributed by atoms with Gasteiger partial charge in [0.05, 0.1) is 6.54 Å². The van der Waals surface area contributed by atoms with Crippen molar-refractivity contribution in [1.29, 1.82) is 0 Å². The van der Waals surface area contributed by atoms with Gasteiger partial charge in [-0.3, -0.25) is 4.99 Å². The Bertz CT molecular complexity index is 88.9. The summed E-state index contributed by atoms with van der Waals surface area (Å²) in [7, 11) is 0. The number of nitrogens with zero attached hydrogens (tertiary/aromatic N) is 1. The zero-order valence-electron chi connectivity index (χ0n) is 6.48. The molecule has 1 aliphatic rings. The summed E-state index contributed by atoms with van der Waals surface area (Å²) in [5.41, 5.74) is 0. The lowest BCUT2D eigenvalue weighted by Gasteiger charge is -1.91. The summed E-state index contributed by atoms with van der Waals surface area (Å²) in [6, 6.07) is 0. The van der Waals surface area contributed by atoms with E-state index in [0.717, 1.165) is 25.5 Å². The smallest absolute Gasteiger partial charge is 0.183 e. The van der Waals surface area contributed by atoms with E-state index >= 15 is 0 Å². The zero-order valence-corrected chi connectivity index (χ0v) is 6.48. The summed E-state index contributed by atoms with van der Waals surface area (Å²) in [5, 5.41) is 0. The number of rotatable bonds is 1. The predicted octanol–water partition coefficient (Wildman–Crippen LogP) is 1.85. The van der Waals surface area contributed by atoms with Gasteiger partial charge in [0.2, 0.25) is 0 Å². The summed E-state index contributed by atoms with van der Waals surface area (Å²) >= 11 is 0. The minimum atomic E-state index is 0.795. The maximum Gasteiger partial charge on any atom is 0.183 e. The molecule has 0 aliphatic carbocycles. The molecule has 1 rings (SSSR count). The van der Waals surface area contributed by atoms with Crippen molar-refractivity contribution in [3.05, 3.63) is 0 Å². The molecule has 1 aliphatic heterocycles. The lowest BCUT2D eigenvalue weighted by Crippen LogP contribution is -1.94. The van der Waals surface area contributed by atoms with Crippen LogP contribution in [0.3, 0.4) is 0 Å². The number of aliphatic imine (C=N–C) groups is 1. The molecule has 54 valence electrons. The zero-order chi connectivity index (χ0) is 7.11. The highest BCUT2D eigenvalue weighted by Gasteiger charge is 2.01. The topological polar surface area (TPSA) is 21.6 Å². The summed E-state index contributed by atoms with van der Waals surface area (Å²) < 4.78 is 5.05. The fraction of sp³-hybridized carbons (Fsp3) is 0.857. The van der Waals surface area contributed by atoms with Gasteiger partial charge in [-0.25, -0.2) is 0 Å². The Hall–Kier alpha value is -0.530. The van der Waals surface area contributed by atoms with Gasteiger partial charge < -0.3 is 4.74 Å². The van der Waals surface area contributed by atoms with Gasteiger partial charge in [0, 0.05) is 6.42 Å². The van der Waals surface area contributed by atoms with E-state index in [9.17, 15) is 0 Å². The molecule has 0 aromatic heterocycles. The molecular weight excluding hydrogens is 114 g/mol. The second-order valence-corrected chi connectivity index (χ2v) is 1.48. The van der Waals surface area contributed by atoms with E-state index in [1.165, 1.54) is 0 Å². The fourth-order valence-electron chi connectivity index (χ4n) is 0.593. The minimum Gasteiger partial charge on any atom is -0.479 e. The van der Waals surface area contributed by atoms with Crippen molar-refractivity contribution in [2.24, 2.45) is 4.99 Å². The van der Waals surface area contributed by atoms with Gasteiger partial charge in [0.15, 0.2) is 5.90 Å². The number of hydrogen-bond donors (Lipinski definition) is 0. The number of hydrogen-bond acceptors (Lipinski definition) is 2. The van der Waals surface area contributed by atoms with E-state index in [1.807, 2.05) is 20.8 Å². The van der Waals surface area contributed by atoms with E-state index in [0.29, 0.717) is 0 Å². The highest BCUT2D eigenvalue weighted by molar-refractivity contribution is 5.76. The van der Waals surface area contributed by atoms with Crippen LogP contribution in [0.4, 0.5) is 0 Å². The Morgan fingerprint density at radius 3 is 2.44 bits per heavy atom. The van der Waals surface area contributed by atoms with Crippen LogP contribution in [0.5, 0.6) is 0 Å². The molecule has 0 aromatic carbocycles. The van der Waals surface area contributed by atoms with E-state index < -0.39 is 0 Å². The molecule has 0 bridgehead atoms. The van der Waals surface area contributed by atoms with Gasteiger partial charge in [-0.2, -0.15) is 0 Å². The molecule has 1 heterocycles. The first kappa shape index (κ1) is 8.47. The van der Waals surface area contributed by atoms with Gasteiger partial charge in [-0.15, -0.1) is 0 Å². The van der Waals surface area contributed by atoms with Crippen LogP contribution in [0.25, 0.3) is 0 Å². The third-order valence-corrected chi connectivity index (χ3v) is 0.951. The first-order valence-electron chi connectivity index (χ1n) is 3.59. The molecule has 2 nitrogen and oxygen atoms in total. The molecule has 0 radical (unpaired) electrons. The van der Waals surface area contributed by atoms with Crippen molar-refractivity contribution in [2.45, 2.75) is 27.2 Å². The lowest BCUT2D eigenvalue weighted by molar-refractivity contribution is 0.340. The van der Waals surface area contributed by atoms with Crippen LogP contribution in [0.15, 0.2) is 4.99 Å². The van der Waals surface area contributed by atoms with Crippen molar-refractivity contribution < 1.29 is 4.74 Å². The van der Waals surface area contributed by atoms with E-state index in [2.05, 4.69) is 4.99 Å². The average molecular weight is 129 g/mol. The SMILES string of the molecule is CC.CCC1=NCCO1. The lowest BCUT2D eigenvalue weighted by atomic mass is 10.5. The third-order valence-electron chi connectivity index (χ3n) is 0.951. The third kappa shape index (κ3) is 3.12. The van der Waals surface area contributed by atoms with Crippen LogP contribution >= 0.6 is 0 Å². The Balaban J connectivity index is 0.000000291. The highest BCUT2D eigenvalue weighted by Crippen LogP contribution is 1.95. The van der Waals surface area contributed by atoms with Crippen LogP contribution in [-0.2, 0) is 4.74 Å². The maximum atomic E-state index is 5.05. The normalized spacial score (nSPS) is 15.2. The van der Waals surface area contributed by atoms with Crippen LogP contribution < -0.4 is 0 Å². The van der Waals surface area contributed by atoms with Crippen molar-refractivity contribution in [2.75, 3.05) is 13.2 Å². The number of ether oxygens (including phenoxy) is 1. The molecule has 0 amide bonds. The Kier molecular flexibility index (Phi) is 5.27. The van der Waals surface area contributed by atoms with Gasteiger partial charge in [0.1, 0.15) is 6.61 Å². The Morgan fingerprint density at radius 2 is 2.22 bits per heavy atom. The van der Waals surface area contributed by atoms with Gasteiger partial charge in [-0.1, -0.05) is 20.8 Å². The second kappa shape index (κ2) is 5.60.